The molecule has 0 N–H and O–H groups in total. The summed E-state index contributed by atoms with van der Waals surface area (Å²) in [6.07, 6.45) is 0. The van der Waals surface area contributed by atoms with E-state index in [4.69, 9.17) is 19.9 Å². The molecule has 7 aromatic carbocycles. The van der Waals surface area contributed by atoms with Gasteiger partial charge in [-0.25, -0.2) is 19.9 Å². The average molecular weight is 665 g/mol. The molecule has 0 aliphatic rings. The van der Waals surface area contributed by atoms with Crippen molar-refractivity contribution < 1.29 is 0 Å². The molecule has 0 amide bonds. The molecule has 2 heterocycles. The number of benzene rings is 7. The van der Waals surface area contributed by atoms with Crippen LogP contribution in [0.1, 0.15) is 0 Å². The first kappa shape index (κ1) is 31.0. The standard InChI is InChI=1S/C48H32N4/c1-5-15-35(16-6-1)44-31-39(32-45(49-44)36-17-7-2-8-18-36)33-25-27-34(28-26-33)40-29-30-43(42-24-14-13-23-41(40)42)48-51-46(37-19-9-3-10-20-37)50-47(52-48)38-21-11-4-12-22-38/h1-32H. The largest absolute Gasteiger partial charge is 0.248 e. The van der Waals surface area contributed by atoms with Gasteiger partial charge in [0.05, 0.1) is 11.4 Å². The van der Waals surface area contributed by atoms with Crippen LogP contribution in [0.4, 0.5) is 0 Å². The second-order valence-corrected chi connectivity index (χ2v) is 12.7. The normalized spacial score (nSPS) is 11.1. The van der Waals surface area contributed by atoms with Gasteiger partial charge in [-0.2, -0.15) is 0 Å². The molecule has 0 fully saturated rings. The lowest BCUT2D eigenvalue weighted by atomic mass is 9.93. The zero-order valence-electron chi connectivity index (χ0n) is 28.3. The van der Waals surface area contributed by atoms with Gasteiger partial charge in [-0.3, -0.25) is 0 Å². The van der Waals surface area contributed by atoms with Gasteiger partial charge in [0, 0.05) is 27.8 Å². The third-order valence-electron chi connectivity index (χ3n) is 9.36. The Balaban J connectivity index is 1.13. The third-order valence-corrected chi connectivity index (χ3v) is 9.36. The van der Waals surface area contributed by atoms with Crippen molar-refractivity contribution in [2.45, 2.75) is 0 Å². The Labute approximate surface area is 302 Å². The zero-order chi connectivity index (χ0) is 34.7. The lowest BCUT2D eigenvalue weighted by Crippen LogP contribution is -2.00. The highest BCUT2D eigenvalue weighted by Crippen LogP contribution is 2.37. The van der Waals surface area contributed by atoms with E-state index in [0.717, 1.165) is 72.2 Å². The van der Waals surface area contributed by atoms with E-state index in [2.05, 4.69) is 121 Å². The molecule has 244 valence electrons. The molecule has 0 bridgehead atoms. The highest BCUT2D eigenvalue weighted by molar-refractivity contribution is 6.04. The molecule has 0 unspecified atom stereocenters. The summed E-state index contributed by atoms with van der Waals surface area (Å²) in [5, 5.41) is 2.22. The average Bonchev–Trinajstić information content (AvgIpc) is 3.24. The maximum atomic E-state index is 5.06. The van der Waals surface area contributed by atoms with Crippen LogP contribution in [0.2, 0.25) is 0 Å². The van der Waals surface area contributed by atoms with E-state index in [-0.39, 0.29) is 0 Å². The van der Waals surface area contributed by atoms with E-state index < -0.39 is 0 Å². The number of rotatable bonds is 7. The van der Waals surface area contributed by atoms with Crippen molar-refractivity contribution >= 4 is 10.8 Å². The number of pyridine rings is 1. The lowest BCUT2D eigenvalue weighted by molar-refractivity contribution is 1.08. The monoisotopic (exact) mass is 664 g/mol. The number of aromatic nitrogens is 4. The van der Waals surface area contributed by atoms with E-state index in [1.807, 2.05) is 72.8 Å². The van der Waals surface area contributed by atoms with Gasteiger partial charge in [0.1, 0.15) is 0 Å². The topological polar surface area (TPSA) is 51.6 Å². The summed E-state index contributed by atoms with van der Waals surface area (Å²) >= 11 is 0. The van der Waals surface area contributed by atoms with Crippen LogP contribution in [-0.4, -0.2) is 19.9 Å². The molecule has 9 rings (SSSR count). The van der Waals surface area contributed by atoms with E-state index in [0.29, 0.717) is 17.5 Å². The van der Waals surface area contributed by atoms with Crippen molar-refractivity contribution in [3.63, 3.8) is 0 Å². The number of hydrogen-bond acceptors (Lipinski definition) is 4. The van der Waals surface area contributed by atoms with E-state index in [1.165, 1.54) is 0 Å². The molecule has 52 heavy (non-hydrogen) atoms. The lowest BCUT2D eigenvalue weighted by Gasteiger charge is -2.14. The first-order chi connectivity index (χ1) is 25.8. The Morgan fingerprint density at radius 2 is 0.615 bits per heavy atom. The van der Waals surface area contributed by atoms with Crippen molar-refractivity contribution in [1.29, 1.82) is 0 Å². The fourth-order valence-corrected chi connectivity index (χ4v) is 6.73. The fraction of sp³-hybridized carbons (Fsp3) is 0. The third kappa shape index (κ3) is 6.14. The number of fused-ring (bicyclic) bond motifs is 1. The molecule has 2 aromatic heterocycles. The first-order valence-electron chi connectivity index (χ1n) is 17.4. The molecule has 0 saturated heterocycles. The Kier molecular flexibility index (Phi) is 8.16. The number of hydrogen-bond donors (Lipinski definition) is 0. The van der Waals surface area contributed by atoms with Gasteiger partial charge in [-0.1, -0.05) is 176 Å². The Morgan fingerprint density at radius 3 is 1.12 bits per heavy atom. The van der Waals surface area contributed by atoms with Crippen molar-refractivity contribution in [3.05, 3.63) is 194 Å². The van der Waals surface area contributed by atoms with Crippen LogP contribution in [0.25, 0.3) is 89.7 Å². The van der Waals surface area contributed by atoms with E-state index >= 15 is 0 Å². The van der Waals surface area contributed by atoms with Gasteiger partial charge in [-0.05, 0) is 51.2 Å². The maximum absolute atomic E-state index is 5.06. The Bertz CT molecular complexity index is 2530. The van der Waals surface area contributed by atoms with Gasteiger partial charge in [-0.15, -0.1) is 0 Å². The Hall–Kier alpha value is -7.04. The second kappa shape index (κ2) is 13.7. The molecule has 9 aromatic rings. The van der Waals surface area contributed by atoms with Crippen LogP contribution in [0.3, 0.4) is 0 Å². The molecule has 0 spiro atoms. The minimum Gasteiger partial charge on any atom is -0.248 e. The molecular formula is C48H32N4. The minimum absolute atomic E-state index is 0.645. The molecule has 0 aliphatic heterocycles. The summed E-state index contributed by atoms with van der Waals surface area (Å²) in [6.45, 7) is 0. The molecule has 0 saturated carbocycles. The van der Waals surface area contributed by atoms with Gasteiger partial charge >= 0.3 is 0 Å². The summed E-state index contributed by atoms with van der Waals surface area (Å²) in [5.74, 6) is 1.94. The Morgan fingerprint density at radius 1 is 0.231 bits per heavy atom. The van der Waals surface area contributed by atoms with Gasteiger partial charge in [0.15, 0.2) is 17.5 Å². The highest BCUT2D eigenvalue weighted by Gasteiger charge is 2.16. The van der Waals surface area contributed by atoms with Gasteiger partial charge in [0.25, 0.3) is 0 Å². The van der Waals surface area contributed by atoms with E-state index in [1.54, 1.807) is 0 Å². The van der Waals surface area contributed by atoms with Crippen LogP contribution >= 0.6 is 0 Å². The van der Waals surface area contributed by atoms with E-state index in [9.17, 15) is 0 Å². The molecule has 4 heteroatoms. The molecule has 0 atom stereocenters. The summed E-state index contributed by atoms with van der Waals surface area (Å²) in [4.78, 5) is 20.0. The summed E-state index contributed by atoms with van der Waals surface area (Å²) < 4.78 is 0. The molecular weight excluding hydrogens is 633 g/mol. The smallest absolute Gasteiger partial charge is 0.164 e. The predicted molar refractivity (Wildman–Crippen MR) is 213 cm³/mol. The summed E-state index contributed by atoms with van der Waals surface area (Å²) in [7, 11) is 0. The van der Waals surface area contributed by atoms with Crippen LogP contribution < -0.4 is 0 Å². The summed E-state index contributed by atoms with van der Waals surface area (Å²) in [5.41, 5.74) is 11.5. The molecule has 0 radical (unpaired) electrons. The molecule has 4 nitrogen and oxygen atoms in total. The van der Waals surface area contributed by atoms with Crippen LogP contribution in [0.15, 0.2) is 194 Å². The van der Waals surface area contributed by atoms with Crippen molar-refractivity contribution in [1.82, 2.24) is 19.9 Å². The SMILES string of the molecule is c1ccc(-c2cc(-c3ccc(-c4ccc(-c5nc(-c6ccccc6)nc(-c6ccccc6)n5)c5ccccc45)cc3)cc(-c3ccccc3)n2)cc1. The predicted octanol–water partition coefficient (Wildman–Crippen LogP) is 12.1. The van der Waals surface area contributed by atoms with Crippen molar-refractivity contribution in [2.24, 2.45) is 0 Å². The first-order valence-corrected chi connectivity index (χ1v) is 17.4. The zero-order valence-corrected chi connectivity index (χ0v) is 28.3. The fourth-order valence-electron chi connectivity index (χ4n) is 6.73. The minimum atomic E-state index is 0.645. The second-order valence-electron chi connectivity index (χ2n) is 12.7. The quantitative estimate of drug-likeness (QED) is 0.170. The van der Waals surface area contributed by atoms with Crippen LogP contribution in [0, 0.1) is 0 Å². The van der Waals surface area contributed by atoms with Crippen molar-refractivity contribution in [2.75, 3.05) is 0 Å². The van der Waals surface area contributed by atoms with Gasteiger partial charge < -0.3 is 0 Å². The maximum Gasteiger partial charge on any atom is 0.164 e. The number of nitrogens with zero attached hydrogens (tertiary/aromatic N) is 4. The molecule has 0 aliphatic carbocycles. The van der Waals surface area contributed by atoms with Crippen LogP contribution in [0.5, 0.6) is 0 Å². The van der Waals surface area contributed by atoms with Gasteiger partial charge in [0.2, 0.25) is 0 Å². The summed E-state index contributed by atoms with van der Waals surface area (Å²) in [6, 6.07) is 67.0. The van der Waals surface area contributed by atoms with Crippen molar-refractivity contribution in [3.8, 4) is 78.9 Å². The van der Waals surface area contributed by atoms with Crippen LogP contribution in [-0.2, 0) is 0 Å². The highest BCUT2D eigenvalue weighted by atomic mass is 15.0.